The first-order valence-electron chi connectivity index (χ1n) is 6.06. The van der Waals surface area contributed by atoms with Gasteiger partial charge in [-0.3, -0.25) is 4.79 Å². The molecular formula is C15H15ClN2O. The smallest absolute Gasteiger partial charge is 0.270 e. The third kappa shape index (κ3) is 3.55. The van der Waals surface area contributed by atoms with Crippen LogP contribution in [-0.4, -0.2) is 16.8 Å². The Hall–Kier alpha value is -1.87. The lowest BCUT2D eigenvalue weighted by Gasteiger charge is -2.16. The molecule has 1 atom stereocenters. The molecule has 0 bridgehead atoms. The first kappa shape index (κ1) is 13.6. The Morgan fingerprint density at radius 1 is 1.21 bits per heavy atom. The van der Waals surface area contributed by atoms with Crippen LogP contribution in [0.5, 0.6) is 0 Å². The number of amides is 1. The first-order chi connectivity index (χ1) is 9.20. The van der Waals surface area contributed by atoms with Crippen LogP contribution in [0, 0.1) is 6.92 Å². The fourth-order valence-electron chi connectivity index (χ4n) is 1.80. The Labute approximate surface area is 117 Å². The SMILES string of the molecule is Cc1cccc(C(=O)NC(CCl)c2ccccc2)n1. The van der Waals surface area contributed by atoms with E-state index in [0.29, 0.717) is 11.6 Å². The topological polar surface area (TPSA) is 42.0 Å². The lowest BCUT2D eigenvalue weighted by molar-refractivity contribution is 0.0935. The number of hydrogen-bond acceptors (Lipinski definition) is 2. The van der Waals surface area contributed by atoms with Crippen molar-refractivity contribution in [2.45, 2.75) is 13.0 Å². The summed E-state index contributed by atoms with van der Waals surface area (Å²) in [6, 6.07) is 14.8. The third-order valence-electron chi connectivity index (χ3n) is 2.78. The monoisotopic (exact) mass is 274 g/mol. The number of carbonyl (C=O) groups excluding carboxylic acids is 1. The summed E-state index contributed by atoms with van der Waals surface area (Å²) in [5.74, 6) is 0.111. The molecule has 2 aromatic rings. The number of pyridine rings is 1. The number of aryl methyl sites for hydroxylation is 1. The van der Waals surface area contributed by atoms with Gasteiger partial charge in [-0.25, -0.2) is 4.98 Å². The molecule has 1 N–H and O–H groups in total. The molecule has 0 aliphatic carbocycles. The Bertz CT molecular complexity index is 557. The lowest BCUT2D eigenvalue weighted by Crippen LogP contribution is -2.30. The second-order valence-electron chi connectivity index (χ2n) is 4.26. The number of halogens is 1. The van der Waals surface area contributed by atoms with Crippen LogP contribution in [0.4, 0.5) is 0 Å². The Morgan fingerprint density at radius 2 is 1.95 bits per heavy atom. The number of alkyl halides is 1. The summed E-state index contributed by atoms with van der Waals surface area (Å²) in [4.78, 5) is 16.3. The van der Waals surface area contributed by atoms with Crippen molar-refractivity contribution in [3.05, 3.63) is 65.5 Å². The van der Waals surface area contributed by atoms with Crippen LogP contribution in [0.2, 0.25) is 0 Å². The summed E-state index contributed by atoms with van der Waals surface area (Å²) >= 11 is 5.93. The van der Waals surface area contributed by atoms with Crippen LogP contribution < -0.4 is 5.32 Å². The van der Waals surface area contributed by atoms with Gasteiger partial charge in [0, 0.05) is 11.6 Å². The molecule has 3 nitrogen and oxygen atoms in total. The molecule has 0 radical (unpaired) electrons. The van der Waals surface area contributed by atoms with Crippen molar-refractivity contribution < 1.29 is 4.79 Å². The Kier molecular flexibility index (Phi) is 4.53. The van der Waals surface area contributed by atoms with E-state index < -0.39 is 0 Å². The van der Waals surface area contributed by atoms with Crippen LogP contribution in [0.15, 0.2) is 48.5 Å². The normalized spacial score (nSPS) is 11.9. The van der Waals surface area contributed by atoms with E-state index in [0.717, 1.165) is 11.3 Å². The molecule has 1 aromatic heterocycles. The fraction of sp³-hybridized carbons (Fsp3) is 0.200. The maximum atomic E-state index is 12.1. The zero-order valence-electron chi connectivity index (χ0n) is 10.6. The Balaban J connectivity index is 2.13. The van der Waals surface area contributed by atoms with E-state index >= 15 is 0 Å². The van der Waals surface area contributed by atoms with Crippen molar-refractivity contribution in [3.8, 4) is 0 Å². The number of benzene rings is 1. The summed E-state index contributed by atoms with van der Waals surface area (Å²) in [5, 5.41) is 2.89. The van der Waals surface area contributed by atoms with Gasteiger partial charge >= 0.3 is 0 Å². The number of hydrogen-bond donors (Lipinski definition) is 1. The summed E-state index contributed by atoms with van der Waals surface area (Å²) in [6.07, 6.45) is 0. The highest BCUT2D eigenvalue weighted by Crippen LogP contribution is 2.14. The van der Waals surface area contributed by atoms with E-state index in [1.165, 1.54) is 0 Å². The van der Waals surface area contributed by atoms with Gasteiger partial charge in [0.2, 0.25) is 0 Å². The summed E-state index contributed by atoms with van der Waals surface area (Å²) in [5.41, 5.74) is 2.21. The van der Waals surface area contributed by atoms with Gasteiger partial charge in [-0.15, -0.1) is 11.6 Å². The number of carbonyl (C=O) groups is 1. The molecule has 98 valence electrons. The largest absolute Gasteiger partial charge is 0.343 e. The van der Waals surface area contributed by atoms with Gasteiger partial charge in [-0.2, -0.15) is 0 Å². The van der Waals surface area contributed by atoms with E-state index in [1.54, 1.807) is 6.07 Å². The van der Waals surface area contributed by atoms with Crippen molar-refractivity contribution in [2.24, 2.45) is 0 Å². The first-order valence-corrected chi connectivity index (χ1v) is 6.59. The average Bonchev–Trinajstić information content (AvgIpc) is 2.45. The summed E-state index contributed by atoms with van der Waals surface area (Å²) < 4.78 is 0. The van der Waals surface area contributed by atoms with Crippen molar-refractivity contribution in [3.63, 3.8) is 0 Å². The standard InChI is InChI=1S/C15H15ClN2O/c1-11-6-5-9-13(17-11)15(19)18-14(10-16)12-7-3-2-4-8-12/h2-9,14H,10H2,1H3,(H,18,19). The molecule has 1 heterocycles. The van der Waals surface area contributed by atoms with Crippen molar-refractivity contribution in [1.82, 2.24) is 10.3 Å². The quantitative estimate of drug-likeness (QED) is 0.871. The van der Waals surface area contributed by atoms with Gasteiger partial charge in [-0.1, -0.05) is 36.4 Å². The van der Waals surface area contributed by atoms with Crippen molar-refractivity contribution in [2.75, 3.05) is 5.88 Å². The van der Waals surface area contributed by atoms with Crippen LogP contribution in [0.25, 0.3) is 0 Å². The molecule has 1 aromatic carbocycles. The number of nitrogens with zero attached hydrogens (tertiary/aromatic N) is 1. The molecule has 19 heavy (non-hydrogen) atoms. The molecule has 0 aliphatic heterocycles. The molecule has 0 saturated heterocycles. The maximum Gasteiger partial charge on any atom is 0.270 e. The molecule has 2 rings (SSSR count). The van der Waals surface area contributed by atoms with Gasteiger partial charge < -0.3 is 5.32 Å². The third-order valence-corrected chi connectivity index (χ3v) is 3.09. The number of nitrogens with one attached hydrogen (secondary N) is 1. The van der Waals surface area contributed by atoms with Gasteiger partial charge in [-0.05, 0) is 24.6 Å². The van der Waals surface area contributed by atoms with Crippen LogP contribution in [0.1, 0.15) is 27.8 Å². The van der Waals surface area contributed by atoms with Gasteiger partial charge in [0.25, 0.3) is 5.91 Å². The highest BCUT2D eigenvalue weighted by molar-refractivity contribution is 6.18. The summed E-state index contributed by atoms with van der Waals surface area (Å²) in [7, 11) is 0. The van der Waals surface area contributed by atoms with Gasteiger partial charge in [0.1, 0.15) is 5.69 Å². The molecule has 0 aliphatic rings. The van der Waals surface area contributed by atoms with E-state index in [-0.39, 0.29) is 11.9 Å². The van der Waals surface area contributed by atoms with Crippen LogP contribution in [0.3, 0.4) is 0 Å². The molecule has 0 fully saturated rings. The minimum Gasteiger partial charge on any atom is -0.343 e. The van der Waals surface area contributed by atoms with Crippen LogP contribution >= 0.6 is 11.6 Å². The molecule has 1 amide bonds. The van der Waals surface area contributed by atoms with E-state index in [2.05, 4.69) is 10.3 Å². The van der Waals surface area contributed by atoms with Crippen molar-refractivity contribution >= 4 is 17.5 Å². The van der Waals surface area contributed by atoms with E-state index in [4.69, 9.17) is 11.6 Å². The van der Waals surface area contributed by atoms with Crippen molar-refractivity contribution in [1.29, 1.82) is 0 Å². The highest BCUT2D eigenvalue weighted by atomic mass is 35.5. The fourth-order valence-corrected chi connectivity index (χ4v) is 2.05. The lowest BCUT2D eigenvalue weighted by atomic mass is 10.1. The highest BCUT2D eigenvalue weighted by Gasteiger charge is 2.15. The second kappa shape index (κ2) is 6.34. The van der Waals surface area contributed by atoms with E-state index in [9.17, 15) is 4.79 Å². The van der Waals surface area contributed by atoms with Gasteiger partial charge in [0.05, 0.1) is 6.04 Å². The van der Waals surface area contributed by atoms with Crippen LogP contribution in [-0.2, 0) is 0 Å². The minimum absolute atomic E-state index is 0.210. The molecule has 0 saturated carbocycles. The van der Waals surface area contributed by atoms with E-state index in [1.807, 2.05) is 49.4 Å². The minimum atomic E-state index is -0.210. The zero-order valence-corrected chi connectivity index (χ0v) is 11.4. The molecule has 0 spiro atoms. The molecular weight excluding hydrogens is 260 g/mol. The van der Waals surface area contributed by atoms with Gasteiger partial charge in [0.15, 0.2) is 0 Å². The number of rotatable bonds is 4. The molecule has 4 heteroatoms. The maximum absolute atomic E-state index is 12.1. The number of aromatic nitrogens is 1. The second-order valence-corrected chi connectivity index (χ2v) is 4.56. The molecule has 1 unspecified atom stereocenters. The summed E-state index contributed by atoms with van der Waals surface area (Å²) in [6.45, 7) is 1.85. The zero-order chi connectivity index (χ0) is 13.7. The predicted octanol–water partition coefficient (Wildman–Crippen LogP) is 3.10. The predicted molar refractivity (Wildman–Crippen MR) is 76.3 cm³/mol. The Morgan fingerprint density at radius 3 is 2.58 bits per heavy atom. The average molecular weight is 275 g/mol.